The molecule has 1 aromatic rings. The summed E-state index contributed by atoms with van der Waals surface area (Å²) in [5.74, 6) is 0. The van der Waals surface area contributed by atoms with Crippen LogP contribution in [0.1, 0.15) is 0 Å². The van der Waals surface area contributed by atoms with E-state index in [2.05, 4.69) is 5.25 Å². The Bertz CT molecular complexity index is 217. The van der Waals surface area contributed by atoms with Crippen molar-refractivity contribution >= 4 is 34.8 Å². The van der Waals surface area contributed by atoms with Gasteiger partial charge in [-0.05, 0) is 12.1 Å². The molecule has 3 heteroatoms. The first-order chi connectivity index (χ1) is 4.43. The number of benzene rings is 1. The van der Waals surface area contributed by atoms with E-state index in [0.717, 1.165) is 4.90 Å². The monoisotopic (exact) mass is 236 g/mol. The zero-order valence-corrected chi connectivity index (χ0v) is 9.70. The van der Waals surface area contributed by atoms with Crippen LogP contribution in [0.3, 0.4) is 0 Å². The maximum Gasteiger partial charge on any atom is 2.00 e. The zero-order chi connectivity index (χ0) is 6.53. The van der Waals surface area contributed by atoms with E-state index in [1.807, 2.05) is 30.3 Å². The normalized spacial score (nSPS) is 6.82. The van der Waals surface area contributed by atoms with Gasteiger partial charge in [0, 0.05) is 4.90 Å². The van der Waals surface area contributed by atoms with Gasteiger partial charge in [0.15, 0.2) is 0 Å². The van der Waals surface area contributed by atoms with Gasteiger partial charge in [-0.15, -0.1) is 0 Å². The van der Waals surface area contributed by atoms with Crippen LogP contribution in [0.15, 0.2) is 35.2 Å². The Kier molecular flexibility index (Phi) is 10.7. The summed E-state index contributed by atoms with van der Waals surface area (Å²) in [5, 5.41) is 2.25. The molecule has 0 aliphatic rings. The first-order valence-electron chi connectivity index (χ1n) is 2.57. The summed E-state index contributed by atoms with van der Waals surface area (Å²) in [6.07, 6.45) is 6.65. The fourth-order valence-electron chi connectivity index (χ4n) is 0.547. The molecule has 52 valence electrons. The first-order valence-corrected chi connectivity index (χ1v) is 3.39. The van der Waals surface area contributed by atoms with Gasteiger partial charge in [0.05, 0.1) is 0 Å². The molecule has 0 saturated carbocycles. The van der Waals surface area contributed by atoms with E-state index in [-0.39, 0.29) is 40.0 Å². The van der Waals surface area contributed by atoms with Crippen LogP contribution in [-0.2, 0) is 0 Å². The molecule has 0 bridgehead atoms. The molecule has 1 rings (SSSR count). The number of hydrogen-bond acceptors (Lipinski definition) is 1. The SMILES string of the molecule is [Br-].[C-]#CSc1ccccc1.[Mg+2]. The third-order valence-electron chi connectivity index (χ3n) is 0.912. The van der Waals surface area contributed by atoms with E-state index in [1.165, 1.54) is 11.8 Å². The number of thioether (sulfide) groups is 1. The minimum Gasteiger partial charge on any atom is -1.00 e. The van der Waals surface area contributed by atoms with Gasteiger partial charge in [-0.3, -0.25) is 5.25 Å². The van der Waals surface area contributed by atoms with Crippen LogP contribution in [0.2, 0.25) is 0 Å². The minimum atomic E-state index is 0. The first kappa shape index (κ1) is 13.9. The van der Waals surface area contributed by atoms with E-state index in [0.29, 0.717) is 0 Å². The molecular weight excluding hydrogens is 232 g/mol. The molecule has 0 saturated heterocycles. The number of rotatable bonds is 1. The van der Waals surface area contributed by atoms with Gasteiger partial charge in [-0.25, -0.2) is 0 Å². The Labute approximate surface area is 98.1 Å². The summed E-state index contributed by atoms with van der Waals surface area (Å²) in [5.41, 5.74) is 0. The van der Waals surface area contributed by atoms with Crippen molar-refractivity contribution in [3.63, 3.8) is 0 Å². The molecule has 0 heterocycles. The topological polar surface area (TPSA) is 0 Å². The van der Waals surface area contributed by atoms with Crippen molar-refractivity contribution in [2.24, 2.45) is 0 Å². The minimum absolute atomic E-state index is 0. The van der Waals surface area contributed by atoms with E-state index in [9.17, 15) is 0 Å². The maximum atomic E-state index is 6.65. The summed E-state index contributed by atoms with van der Waals surface area (Å²) >= 11 is 1.29. The summed E-state index contributed by atoms with van der Waals surface area (Å²) in [6.45, 7) is 0. The van der Waals surface area contributed by atoms with Gasteiger partial charge in [0.2, 0.25) is 0 Å². The predicted octanol–water partition coefficient (Wildman–Crippen LogP) is -1.05. The summed E-state index contributed by atoms with van der Waals surface area (Å²) < 4.78 is 0. The van der Waals surface area contributed by atoms with Crippen LogP contribution < -0.4 is 17.0 Å². The second-order valence-electron chi connectivity index (χ2n) is 1.52. The molecule has 0 amide bonds. The van der Waals surface area contributed by atoms with Gasteiger partial charge >= 0.3 is 23.1 Å². The molecule has 0 aromatic heterocycles. The predicted molar refractivity (Wildman–Crippen MR) is 45.2 cm³/mol. The zero-order valence-electron chi connectivity index (χ0n) is 5.88. The largest absolute Gasteiger partial charge is 2.00 e. The number of hydrogen-bond donors (Lipinski definition) is 0. The smallest absolute Gasteiger partial charge is 1.00 e. The van der Waals surface area contributed by atoms with Crippen molar-refractivity contribution in [1.82, 2.24) is 0 Å². The van der Waals surface area contributed by atoms with Gasteiger partial charge in [0.25, 0.3) is 0 Å². The molecule has 0 unspecified atom stereocenters. The van der Waals surface area contributed by atoms with Crippen molar-refractivity contribution in [3.8, 4) is 5.25 Å². The van der Waals surface area contributed by atoms with Gasteiger partial charge < -0.3 is 23.4 Å². The average molecular weight is 237 g/mol. The van der Waals surface area contributed by atoms with Crippen LogP contribution in [0.4, 0.5) is 0 Å². The molecule has 0 nitrogen and oxygen atoms in total. The maximum absolute atomic E-state index is 6.65. The second kappa shape index (κ2) is 8.47. The van der Waals surface area contributed by atoms with Crippen LogP contribution >= 0.6 is 11.8 Å². The van der Waals surface area contributed by atoms with Crippen molar-refractivity contribution < 1.29 is 17.0 Å². The van der Waals surface area contributed by atoms with Gasteiger partial charge in [0.1, 0.15) is 0 Å². The Morgan fingerprint density at radius 3 is 2.18 bits per heavy atom. The average Bonchev–Trinajstić information content (AvgIpc) is 1.91. The molecular formula is C8H5BrMgS. The van der Waals surface area contributed by atoms with Gasteiger partial charge in [-0.2, -0.15) is 0 Å². The van der Waals surface area contributed by atoms with Crippen LogP contribution in [-0.4, -0.2) is 23.1 Å². The molecule has 0 spiro atoms. The van der Waals surface area contributed by atoms with Crippen molar-refractivity contribution in [1.29, 1.82) is 0 Å². The van der Waals surface area contributed by atoms with Gasteiger partial charge in [-0.1, -0.05) is 30.0 Å². The Balaban J connectivity index is 0. The molecule has 0 fully saturated rings. The van der Waals surface area contributed by atoms with Crippen molar-refractivity contribution in [3.05, 3.63) is 36.8 Å². The van der Waals surface area contributed by atoms with Crippen LogP contribution in [0.25, 0.3) is 0 Å². The van der Waals surface area contributed by atoms with Crippen molar-refractivity contribution in [2.75, 3.05) is 0 Å². The van der Waals surface area contributed by atoms with E-state index in [4.69, 9.17) is 6.42 Å². The van der Waals surface area contributed by atoms with E-state index >= 15 is 0 Å². The molecule has 0 aliphatic carbocycles. The molecule has 0 radical (unpaired) electrons. The van der Waals surface area contributed by atoms with E-state index < -0.39 is 0 Å². The number of halogens is 1. The fourth-order valence-corrected chi connectivity index (χ4v) is 0.959. The molecule has 0 aliphatic heterocycles. The Hall–Kier alpha value is 0.376. The molecule has 1 aromatic carbocycles. The Morgan fingerprint density at radius 1 is 1.18 bits per heavy atom. The van der Waals surface area contributed by atoms with E-state index in [1.54, 1.807) is 0 Å². The third kappa shape index (κ3) is 5.63. The quantitative estimate of drug-likeness (QED) is 0.260. The van der Waals surface area contributed by atoms with Crippen LogP contribution in [0.5, 0.6) is 0 Å². The van der Waals surface area contributed by atoms with Crippen molar-refractivity contribution in [2.45, 2.75) is 4.90 Å². The molecule has 11 heavy (non-hydrogen) atoms. The molecule has 0 N–H and O–H groups in total. The third-order valence-corrected chi connectivity index (χ3v) is 1.52. The summed E-state index contributed by atoms with van der Waals surface area (Å²) in [4.78, 5) is 1.06. The summed E-state index contributed by atoms with van der Waals surface area (Å²) in [6, 6.07) is 9.74. The standard InChI is InChI=1S/C8H5S.BrH.Mg/c1-2-9-8-6-4-3-5-7-8;;/h3-7H;1H;/q-1;;+2/p-1. The molecule has 0 atom stereocenters. The second-order valence-corrected chi connectivity index (χ2v) is 2.40. The van der Waals surface area contributed by atoms with Crippen LogP contribution in [0, 0.1) is 11.7 Å². The summed E-state index contributed by atoms with van der Waals surface area (Å²) in [7, 11) is 0. The fraction of sp³-hybridized carbons (Fsp3) is 0. The Morgan fingerprint density at radius 2 is 1.73 bits per heavy atom.